The minimum Gasteiger partial charge on any atom is -0.497 e. The van der Waals surface area contributed by atoms with Gasteiger partial charge in [0.2, 0.25) is 5.88 Å². The molecule has 6 nitrogen and oxygen atoms in total. The van der Waals surface area contributed by atoms with E-state index < -0.39 is 0 Å². The maximum Gasteiger partial charge on any atom is 0.238 e. The molecule has 39 heavy (non-hydrogen) atoms. The average Bonchev–Trinajstić information content (AvgIpc) is 3.48. The van der Waals surface area contributed by atoms with Gasteiger partial charge in [0.05, 0.1) is 19.9 Å². The topological polar surface area (TPSA) is 72.7 Å². The summed E-state index contributed by atoms with van der Waals surface area (Å²) in [7, 11) is 3.25. The first-order chi connectivity index (χ1) is 18.9. The predicted molar refractivity (Wildman–Crippen MR) is 163 cm³/mol. The lowest BCUT2D eigenvalue weighted by molar-refractivity contribution is 0.414. The van der Waals surface area contributed by atoms with Crippen LogP contribution in [0.25, 0.3) is 28.1 Å². The van der Waals surface area contributed by atoms with Gasteiger partial charge in [0.1, 0.15) is 28.9 Å². The van der Waals surface area contributed by atoms with Crippen LogP contribution in [0.2, 0.25) is 0 Å². The summed E-state index contributed by atoms with van der Waals surface area (Å²) in [6, 6.07) is 27.8. The van der Waals surface area contributed by atoms with Crippen LogP contribution in [-0.2, 0) is 0 Å². The number of hydrogen-bond acceptors (Lipinski definition) is 5. The molecule has 194 valence electrons. The van der Waals surface area contributed by atoms with Gasteiger partial charge in [-0.15, -0.1) is 0 Å². The lowest BCUT2D eigenvalue weighted by atomic mass is 9.98. The second-order valence-corrected chi connectivity index (χ2v) is 10.1. The van der Waals surface area contributed by atoms with Crippen LogP contribution in [0.5, 0.6) is 11.5 Å². The van der Waals surface area contributed by atoms with E-state index in [2.05, 4.69) is 65.3 Å². The number of ether oxygens (including phenoxy) is 2. The van der Waals surface area contributed by atoms with E-state index in [1.165, 1.54) is 0 Å². The van der Waals surface area contributed by atoms with Gasteiger partial charge in [-0.25, -0.2) is 4.99 Å². The van der Waals surface area contributed by atoms with Crippen molar-refractivity contribution >= 4 is 34.7 Å². The molecule has 0 saturated heterocycles. The fraction of sp³-hybridized carbons (Fsp3) is 0.125. The van der Waals surface area contributed by atoms with Crippen LogP contribution in [0.1, 0.15) is 22.5 Å². The van der Waals surface area contributed by atoms with Gasteiger partial charge in [-0.3, -0.25) is 0 Å². The molecule has 0 atom stereocenters. The molecule has 0 bridgehead atoms. The first kappa shape index (κ1) is 26.3. The van der Waals surface area contributed by atoms with Crippen molar-refractivity contribution in [3.05, 3.63) is 105 Å². The normalized spacial score (nSPS) is 11.1. The second kappa shape index (κ2) is 11.2. The van der Waals surface area contributed by atoms with Gasteiger partial charge in [-0.2, -0.15) is 5.26 Å². The molecule has 2 heterocycles. The molecule has 5 aromatic rings. The molecule has 0 saturated carbocycles. The van der Waals surface area contributed by atoms with E-state index in [9.17, 15) is 5.26 Å². The molecule has 3 aromatic carbocycles. The number of furan rings is 1. The number of benzene rings is 3. The Bertz CT molecular complexity index is 1710. The number of rotatable bonds is 7. The zero-order valence-corrected chi connectivity index (χ0v) is 24.2. The van der Waals surface area contributed by atoms with E-state index >= 15 is 0 Å². The number of para-hydroxylation sites is 1. The lowest BCUT2D eigenvalue weighted by Crippen LogP contribution is -2.01. The Morgan fingerprint density at radius 3 is 2.10 bits per heavy atom. The van der Waals surface area contributed by atoms with Crippen LogP contribution in [0.3, 0.4) is 0 Å². The summed E-state index contributed by atoms with van der Waals surface area (Å²) in [4.78, 5) is 4.70. The number of aliphatic imine (C=N–C) groups is 1. The quantitative estimate of drug-likeness (QED) is 0.135. The van der Waals surface area contributed by atoms with E-state index in [1.807, 2.05) is 60.7 Å². The molecule has 0 unspecified atom stereocenters. The van der Waals surface area contributed by atoms with Gasteiger partial charge in [-0.05, 0) is 96.6 Å². The third-order valence-electron chi connectivity index (χ3n) is 6.62. The molecule has 0 aliphatic carbocycles. The first-order valence-electron chi connectivity index (χ1n) is 12.3. The number of hydrogen-bond donors (Lipinski definition) is 0. The number of aryl methyl sites for hydroxylation is 1. The van der Waals surface area contributed by atoms with Crippen LogP contribution < -0.4 is 9.47 Å². The number of aromatic nitrogens is 1. The highest BCUT2D eigenvalue weighted by atomic mass is 127. The molecular weight excluding hydrogens is 601 g/mol. The SMILES string of the molecule is COc1ccc(-c2oc(N=Cc3cc(C)n(-c4ccccc4I)c3C)c(C#N)c2-c2ccc(OC)cc2)cc1. The summed E-state index contributed by atoms with van der Waals surface area (Å²) in [6.45, 7) is 4.14. The Morgan fingerprint density at radius 1 is 0.897 bits per heavy atom. The molecule has 2 aromatic heterocycles. The molecule has 0 amide bonds. The number of halogens is 1. The Hall–Kier alpha value is -4.29. The van der Waals surface area contributed by atoms with Crippen LogP contribution in [-0.4, -0.2) is 25.0 Å². The maximum absolute atomic E-state index is 10.2. The summed E-state index contributed by atoms with van der Waals surface area (Å²) in [5.41, 5.74) is 6.91. The number of nitriles is 1. The van der Waals surface area contributed by atoms with Crippen molar-refractivity contribution in [1.29, 1.82) is 5.26 Å². The fourth-order valence-electron chi connectivity index (χ4n) is 4.64. The molecule has 0 fully saturated rings. The van der Waals surface area contributed by atoms with Crippen molar-refractivity contribution in [2.24, 2.45) is 4.99 Å². The van der Waals surface area contributed by atoms with E-state index in [-0.39, 0.29) is 5.88 Å². The standard InChI is InChI=1S/C32H26IN3O3/c1-20-17-24(21(2)36(20)29-8-6-5-7-28(29)33)19-35-32-27(18-34)30(22-9-13-25(37-3)14-10-22)31(39-32)23-11-15-26(38-4)16-12-23/h5-17,19H,1-4H3. The lowest BCUT2D eigenvalue weighted by Gasteiger charge is -2.11. The third kappa shape index (κ3) is 5.08. The van der Waals surface area contributed by atoms with E-state index in [4.69, 9.17) is 18.9 Å². The van der Waals surface area contributed by atoms with Crippen molar-refractivity contribution in [2.45, 2.75) is 13.8 Å². The Labute approximate surface area is 241 Å². The van der Waals surface area contributed by atoms with Crippen molar-refractivity contribution in [1.82, 2.24) is 4.57 Å². The molecule has 7 heteroatoms. The average molecular weight is 627 g/mol. The van der Waals surface area contributed by atoms with Crippen molar-refractivity contribution in [3.63, 3.8) is 0 Å². The zero-order chi connectivity index (χ0) is 27.5. The zero-order valence-electron chi connectivity index (χ0n) is 22.0. The first-order valence-corrected chi connectivity index (χ1v) is 13.4. The maximum atomic E-state index is 10.2. The molecule has 0 aliphatic heterocycles. The highest BCUT2D eigenvalue weighted by molar-refractivity contribution is 14.1. The van der Waals surface area contributed by atoms with Crippen LogP contribution in [0.15, 0.2) is 88.3 Å². The van der Waals surface area contributed by atoms with Crippen LogP contribution in [0, 0.1) is 28.7 Å². The van der Waals surface area contributed by atoms with Crippen molar-refractivity contribution < 1.29 is 13.9 Å². The number of methoxy groups -OCH3 is 2. The van der Waals surface area contributed by atoms with E-state index in [1.54, 1.807) is 20.4 Å². The predicted octanol–water partition coefficient (Wildman–Crippen LogP) is 8.27. The molecule has 0 radical (unpaired) electrons. The van der Waals surface area contributed by atoms with Gasteiger partial charge < -0.3 is 18.5 Å². The van der Waals surface area contributed by atoms with Gasteiger partial charge in [-0.1, -0.05) is 24.3 Å². The van der Waals surface area contributed by atoms with E-state index in [0.29, 0.717) is 16.9 Å². The van der Waals surface area contributed by atoms with Gasteiger partial charge in [0.15, 0.2) is 0 Å². The molecular formula is C32H26IN3O3. The third-order valence-corrected chi connectivity index (χ3v) is 7.53. The molecule has 0 aliphatic rings. The summed E-state index contributed by atoms with van der Waals surface area (Å²) >= 11 is 2.35. The molecule has 5 rings (SSSR count). The fourth-order valence-corrected chi connectivity index (χ4v) is 5.27. The Kier molecular flexibility index (Phi) is 7.57. The highest BCUT2D eigenvalue weighted by Crippen LogP contribution is 2.43. The van der Waals surface area contributed by atoms with Crippen LogP contribution in [0.4, 0.5) is 5.88 Å². The molecule has 0 N–H and O–H groups in total. The summed E-state index contributed by atoms with van der Waals surface area (Å²) in [5, 5.41) is 10.2. The highest BCUT2D eigenvalue weighted by Gasteiger charge is 2.23. The minimum absolute atomic E-state index is 0.258. The van der Waals surface area contributed by atoms with E-state index in [0.717, 1.165) is 48.8 Å². The summed E-state index contributed by atoms with van der Waals surface area (Å²) < 4.78 is 20.3. The van der Waals surface area contributed by atoms with Crippen LogP contribution >= 0.6 is 22.6 Å². The van der Waals surface area contributed by atoms with Crippen molar-refractivity contribution in [3.8, 4) is 45.7 Å². The van der Waals surface area contributed by atoms with Crippen molar-refractivity contribution in [2.75, 3.05) is 14.2 Å². The monoisotopic (exact) mass is 627 g/mol. The smallest absolute Gasteiger partial charge is 0.238 e. The Morgan fingerprint density at radius 2 is 1.51 bits per heavy atom. The number of nitrogens with zero attached hydrogens (tertiary/aromatic N) is 3. The Balaban J connectivity index is 1.63. The summed E-state index contributed by atoms with van der Waals surface area (Å²) in [6.07, 6.45) is 1.77. The molecule has 0 spiro atoms. The largest absolute Gasteiger partial charge is 0.497 e. The minimum atomic E-state index is 0.258. The van der Waals surface area contributed by atoms with Gasteiger partial charge in [0.25, 0.3) is 0 Å². The van der Waals surface area contributed by atoms with Gasteiger partial charge in [0, 0.05) is 37.9 Å². The second-order valence-electron chi connectivity index (χ2n) is 8.93. The van der Waals surface area contributed by atoms with Gasteiger partial charge >= 0.3 is 0 Å². The summed E-state index contributed by atoms with van der Waals surface area (Å²) in [5.74, 6) is 2.29.